The molecule has 1 atom stereocenters. The maximum absolute atomic E-state index is 12.8. The molecule has 2 aromatic rings. The number of nitrogens with one attached hydrogen (secondary N) is 1. The summed E-state index contributed by atoms with van der Waals surface area (Å²) in [6, 6.07) is 17.9. The molecule has 0 bridgehead atoms. The van der Waals surface area contributed by atoms with Gasteiger partial charge in [-0.15, -0.1) is 0 Å². The van der Waals surface area contributed by atoms with Crippen LogP contribution >= 0.6 is 0 Å². The molecule has 0 aromatic heterocycles. The Kier molecular flexibility index (Phi) is 8.10. The van der Waals surface area contributed by atoms with E-state index in [1.54, 1.807) is 0 Å². The topological polar surface area (TPSA) is 58.6 Å². The van der Waals surface area contributed by atoms with Crippen LogP contribution in [0.15, 0.2) is 54.6 Å². The van der Waals surface area contributed by atoms with Gasteiger partial charge in [0, 0.05) is 25.4 Å². The van der Waals surface area contributed by atoms with Gasteiger partial charge in [0.2, 0.25) is 11.8 Å². The van der Waals surface area contributed by atoms with E-state index in [0.717, 1.165) is 17.7 Å². The number of hydrogen-bond acceptors (Lipinski definition) is 3. The van der Waals surface area contributed by atoms with Crippen molar-refractivity contribution < 1.29 is 14.3 Å². The fraction of sp³-hybridized carbons (Fsp3) is 0.462. The van der Waals surface area contributed by atoms with E-state index >= 15 is 0 Å². The molecule has 1 heterocycles. The van der Waals surface area contributed by atoms with Crippen LogP contribution < -0.4 is 10.1 Å². The van der Waals surface area contributed by atoms with Gasteiger partial charge in [-0.3, -0.25) is 9.59 Å². The zero-order chi connectivity index (χ0) is 22.2. The molecule has 1 aliphatic rings. The first-order valence-electron chi connectivity index (χ1n) is 11.3. The Balaban J connectivity index is 1.45. The molecule has 2 aromatic carbocycles. The lowest BCUT2D eigenvalue weighted by molar-refractivity contribution is -0.135. The van der Waals surface area contributed by atoms with Crippen LogP contribution in [0.2, 0.25) is 0 Å². The molecule has 166 valence electrons. The SMILES string of the molecule is CC(C)Oc1cccc(C(C)NC(=O)C2CCN(C(=O)CCc3ccccc3)CC2)c1. The zero-order valence-electron chi connectivity index (χ0n) is 18.8. The standard InChI is InChI=1S/C26H34N2O3/c1-19(2)31-24-11-7-10-23(18-24)20(3)27-26(30)22-14-16-28(17-15-22)25(29)13-12-21-8-5-4-6-9-21/h4-11,18-20,22H,12-17H2,1-3H3,(H,27,30). The van der Waals surface area contributed by atoms with Crippen LogP contribution in [0.5, 0.6) is 5.75 Å². The highest BCUT2D eigenvalue weighted by Gasteiger charge is 2.28. The van der Waals surface area contributed by atoms with E-state index in [0.29, 0.717) is 32.4 Å². The summed E-state index contributed by atoms with van der Waals surface area (Å²) < 4.78 is 5.76. The number of likely N-dealkylation sites (tertiary alicyclic amines) is 1. The van der Waals surface area contributed by atoms with E-state index in [-0.39, 0.29) is 29.9 Å². The maximum Gasteiger partial charge on any atom is 0.223 e. The summed E-state index contributed by atoms with van der Waals surface area (Å²) in [6.45, 7) is 7.29. The summed E-state index contributed by atoms with van der Waals surface area (Å²) in [5, 5.41) is 3.14. The first-order valence-corrected chi connectivity index (χ1v) is 11.3. The molecule has 1 aliphatic heterocycles. The number of hydrogen-bond donors (Lipinski definition) is 1. The largest absolute Gasteiger partial charge is 0.491 e. The Morgan fingerprint density at radius 2 is 1.74 bits per heavy atom. The smallest absolute Gasteiger partial charge is 0.223 e. The second-order valence-electron chi connectivity index (χ2n) is 8.61. The van der Waals surface area contributed by atoms with Crippen molar-refractivity contribution in [1.82, 2.24) is 10.2 Å². The van der Waals surface area contributed by atoms with Crippen molar-refractivity contribution in [1.29, 1.82) is 0 Å². The molecule has 1 saturated heterocycles. The van der Waals surface area contributed by atoms with Gasteiger partial charge in [0.1, 0.15) is 5.75 Å². The monoisotopic (exact) mass is 422 g/mol. The van der Waals surface area contributed by atoms with Gasteiger partial charge in [0.25, 0.3) is 0 Å². The van der Waals surface area contributed by atoms with Gasteiger partial charge < -0.3 is 15.0 Å². The van der Waals surface area contributed by atoms with Crippen molar-refractivity contribution >= 4 is 11.8 Å². The average Bonchev–Trinajstić information content (AvgIpc) is 2.78. The first-order chi connectivity index (χ1) is 14.9. The molecular formula is C26H34N2O3. The average molecular weight is 423 g/mol. The Hall–Kier alpha value is -2.82. The van der Waals surface area contributed by atoms with Crippen LogP contribution in [0.25, 0.3) is 0 Å². The molecule has 3 rings (SSSR count). The van der Waals surface area contributed by atoms with Crippen LogP contribution in [0.3, 0.4) is 0 Å². The highest BCUT2D eigenvalue weighted by atomic mass is 16.5. The quantitative estimate of drug-likeness (QED) is 0.680. The molecule has 1 unspecified atom stereocenters. The number of carbonyl (C=O) groups excluding carboxylic acids is 2. The maximum atomic E-state index is 12.8. The Labute approximate surface area is 185 Å². The fourth-order valence-corrected chi connectivity index (χ4v) is 3.99. The van der Waals surface area contributed by atoms with Crippen LogP contribution in [0, 0.1) is 5.92 Å². The first kappa shape index (κ1) is 22.9. The summed E-state index contributed by atoms with van der Waals surface area (Å²) in [5.74, 6) is 1.02. The van der Waals surface area contributed by atoms with E-state index in [1.807, 2.05) is 68.1 Å². The Morgan fingerprint density at radius 1 is 1.03 bits per heavy atom. The Morgan fingerprint density at radius 3 is 2.42 bits per heavy atom. The molecule has 1 fully saturated rings. The summed E-state index contributed by atoms with van der Waals surface area (Å²) in [7, 11) is 0. The summed E-state index contributed by atoms with van der Waals surface area (Å²) in [6.07, 6.45) is 2.82. The van der Waals surface area contributed by atoms with E-state index in [1.165, 1.54) is 5.56 Å². The second-order valence-corrected chi connectivity index (χ2v) is 8.61. The van der Waals surface area contributed by atoms with E-state index in [4.69, 9.17) is 4.74 Å². The van der Waals surface area contributed by atoms with Gasteiger partial charge in [-0.1, -0.05) is 42.5 Å². The van der Waals surface area contributed by atoms with Gasteiger partial charge >= 0.3 is 0 Å². The minimum Gasteiger partial charge on any atom is -0.491 e. The van der Waals surface area contributed by atoms with Crippen molar-refractivity contribution in [3.05, 3.63) is 65.7 Å². The van der Waals surface area contributed by atoms with Crippen molar-refractivity contribution in [2.24, 2.45) is 5.92 Å². The molecule has 2 amide bonds. The van der Waals surface area contributed by atoms with Crippen molar-refractivity contribution in [2.45, 2.75) is 58.6 Å². The predicted molar refractivity (Wildman–Crippen MR) is 123 cm³/mol. The fourth-order valence-electron chi connectivity index (χ4n) is 3.99. The predicted octanol–water partition coefficient (Wildman–Crippen LogP) is 4.52. The minimum absolute atomic E-state index is 0.0456. The van der Waals surface area contributed by atoms with E-state index in [2.05, 4.69) is 17.4 Å². The minimum atomic E-state index is -0.0891. The van der Waals surface area contributed by atoms with Crippen LogP contribution in [-0.2, 0) is 16.0 Å². The highest BCUT2D eigenvalue weighted by molar-refractivity contribution is 5.80. The third-order valence-corrected chi connectivity index (χ3v) is 5.78. The summed E-state index contributed by atoms with van der Waals surface area (Å²) in [5.41, 5.74) is 2.21. The highest BCUT2D eigenvalue weighted by Crippen LogP contribution is 2.23. The number of aryl methyl sites for hydroxylation is 1. The normalized spacial score (nSPS) is 15.5. The van der Waals surface area contributed by atoms with Crippen LogP contribution in [-0.4, -0.2) is 35.9 Å². The van der Waals surface area contributed by atoms with Gasteiger partial charge in [-0.2, -0.15) is 0 Å². The lowest BCUT2D eigenvalue weighted by Gasteiger charge is -2.32. The Bertz CT molecular complexity index is 858. The van der Waals surface area contributed by atoms with Crippen LogP contribution in [0.4, 0.5) is 0 Å². The van der Waals surface area contributed by atoms with Crippen LogP contribution in [0.1, 0.15) is 57.2 Å². The van der Waals surface area contributed by atoms with Crippen molar-refractivity contribution in [2.75, 3.05) is 13.1 Å². The zero-order valence-corrected chi connectivity index (χ0v) is 18.8. The number of amides is 2. The third kappa shape index (κ3) is 6.84. The second kappa shape index (κ2) is 11.0. The van der Waals surface area contributed by atoms with Gasteiger partial charge in [0.05, 0.1) is 12.1 Å². The van der Waals surface area contributed by atoms with Gasteiger partial charge in [-0.05, 0) is 63.3 Å². The summed E-state index contributed by atoms with van der Waals surface area (Å²) in [4.78, 5) is 27.2. The number of piperidine rings is 1. The van der Waals surface area contributed by atoms with Gasteiger partial charge in [0.15, 0.2) is 0 Å². The lowest BCUT2D eigenvalue weighted by atomic mass is 9.94. The molecule has 0 aliphatic carbocycles. The molecule has 1 N–H and O–H groups in total. The van der Waals surface area contributed by atoms with E-state index in [9.17, 15) is 9.59 Å². The number of carbonyl (C=O) groups is 2. The van der Waals surface area contributed by atoms with Gasteiger partial charge in [-0.25, -0.2) is 0 Å². The molecule has 0 spiro atoms. The molecular weight excluding hydrogens is 388 g/mol. The van der Waals surface area contributed by atoms with Crippen molar-refractivity contribution in [3.8, 4) is 5.75 Å². The molecule has 0 radical (unpaired) electrons. The van der Waals surface area contributed by atoms with E-state index < -0.39 is 0 Å². The molecule has 5 nitrogen and oxygen atoms in total. The molecule has 31 heavy (non-hydrogen) atoms. The summed E-state index contributed by atoms with van der Waals surface area (Å²) >= 11 is 0. The number of benzene rings is 2. The molecule has 0 saturated carbocycles. The number of ether oxygens (including phenoxy) is 1. The van der Waals surface area contributed by atoms with Crippen molar-refractivity contribution in [3.63, 3.8) is 0 Å². The lowest BCUT2D eigenvalue weighted by Crippen LogP contribution is -2.43. The molecule has 5 heteroatoms. The third-order valence-electron chi connectivity index (χ3n) is 5.78. The number of rotatable bonds is 8. The number of nitrogens with zero attached hydrogens (tertiary/aromatic N) is 1.